The number of fused-ring (bicyclic) bond motifs is 9. The number of hydrogen-bond donors (Lipinski definition) is 1. The van der Waals surface area contributed by atoms with Crippen molar-refractivity contribution in [3.05, 3.63) is 71.2 Å². The van der Waals surface area contributed by atoms with Crippen LogP contribution in [0.15, 0.2) is 43.0 Å². The largest absolute Gasteiger partial charge is 0.434 e. The Morgan fingerprint density at radius 2 is 2.03 bits per heavy atom. The van der Waals surface area contributed by atoms with E-state index in [-0.39, 0.29) is 23.3 Å². The van der Waals surface area contributed by atoms with Crippen molar-refractivity contribution in [3.8, 4) is 17.0 Å². The number of rotatable bonds is 4. The fourth-order valence-corrected chi connectivity index (χ4v) is 5.76. The van der Waals surface area contributed by atoms with Crippen molar-refractivity contribution in [2.24, 2.45) is 5.73 Å². The summed E-state index contributed by atoms with van der Waals surface area (Å²) in [7, 11) is 0. The molecule has 188 valence electrons. The van der Waals surface area contributed by atoms with E-state index in [2.05, 4.69) is 20.1 Å². The Bertz CT molecular complexity index is 1670. The molecule has 7 rings (SSSR count). The molecule has 11 heteroatoms. The van der Waals surface area contributed by atoms with Gasteiger partial charge < -0.3 is 15.4 Å². The van der Waals surface area contributed by atoms with E-state index in [1.54, 1.807) is 18.5 Å². The van der Waals surface area contributed by atoms with E-state index in [1.807, 2.05) is 0 Å². The second-order valence-electron chi connectivity index (χ2n) is 9.78. The highest BCUT2D eigenvalue weighted by atomic mass is 19.3. The number of benzene rings is 1. The van der Waals surface area contributed by atoms with Crippen molar-refractivity contribution >= 4 is 11.4 Å². The molecule has 9 nitrogen and oxygen atoms in total. The van der Waals surface area contributed by atoms with Crippen molar-refractivity contribution in [1.82, 2.24) is 29.5 Å². The maximum Gasteiger partial charge on any atom is 0.387 e. The molecule has 0 saturated heterocycles. The zero-order chi connectivity index (χ0) is 28.0. The quantitative estimate of drug-likeness (QED) is 0.448. The average molecular weight is 507 g/mol. The molecule has 0 radical (unpaired) electrons. The lowest BCUT2D eigenvalue weighted by atomic mass is 9.77. The van der Waals surface area contributed by atoms with E-state index in [0.29, 0.717) is 33.9 Å². The summed E-state index contributed by atoms with van der Waals surface area (Å²) in [6.45, 7) is -5.93. The van der Waals surface area contributed by atoms with Crippen molar-refractivity contribution < 1.29 is 22.4 Å². The Balaban J connectivity index is 1.40. The highest BCUT2D eigenvalue weighted by Gasteiger charge is 2.46. The van der Waals surface area contributed by atoms with E-state index >= 15 is 0 Å². The normalized spacial score (nSPS) is 23.1. The van der Waals surface area contributed by atoms with Crippen LogP contribution in [0.5, 0.6) is 5.75 Å². The minimum Gasteiger partial charge on any atom is -0.434 e. The summed E-state index contributed by atoms with van der Waals surface area (Å²) in [5.74, 6) is -1.00. The standard InChI is InChI=1S/C26H23F2N7O2/c1-34-18-8-15(20-14(23(34)36)4-2-5-19(20)37-25(27)28)21-17-9-16(32-12-35(17)33-22(18)21)13-10-30-24(31-11-13)26(29)6-3-7-26/h2,4-5,9-12,15,18,25H,3,6-8,29H2,1H3/t15-,18-/m1/s1/i1D3. The van der Waals surface area contributed by atoms with Gasteiger partial charge in [0.1, 0.15) is 17.9 Å². The first-order valence-corrected chi connectivity index (χ1v) is 12.0. The third-order valence-corrected chi connectivity index (χ3v) is 7.75. The van der Waals surface area contributed by atoms with Crippen LogP contribution in [0.3, 0.4) is 0 Å². The molecule has 3 aliphatic rings. The van der Waals surface area contributed by atoms with Crippen LogP contribution in [0.25, 0.3) is 16.8 Å². The van der Waals surface area contributed by atoms with E-state index in [4.69, 9.17) is 14.6 Å². The lowest BCUT2D eigenvalue weighted by Gasteiger charge is -2.36. The summed E-state index contributed by atoms with van der Waals surface area (Å²) in [5, 5.41) is 4.61. The number of hydrogen-bond acceptors (Lipinski definition) is 7. The fraction of sp³-hybridized carbons (Fsp3) is 0.346. The Kier molecular flexibility index (Phi) is 4.02. The summed E-state index contributed by atoms with van der Waals surface area (Å²) in [6.07, 6.45) is 7.66. The van der Waals surface area contributed by atoms with Gasteiger partial charge in [-0.2, -0.15) is 13.9 Å². The molecule has 1 amide bonds. The maximum absolute atomic E-state index is 13.6. The topological polar surface area (TPSA) is 112 Å². The molecule has 4 aromatic rings. The smallest absolute Gasteiger partial charge is 0.387 e. The number of alkyl halides is 2. The third kappa shape index (κ3) is 3.19. The molecule has 2 atom stereocenters. The molecule has 2 N–H and O–H groups in total. The number of carbonyl (C=O) groups excluding carboxylic acids is 1. The molecule has 2 bridgehead atoms. The molecule has 3 aromatic heterocycles. The molecule has 0 spiro atoms. The molecule has 2 aliphatic carbocycles. The number of nitrogens with zero attached hydrogens (tertiary/aromatic N) is 6. The Morgan fingerprint density at radius 1 is 1.22 bits per heavy atom. The van der Waals surface area contributed by atoms with Gasteiger partial charge in [0.15, 0.2) is 0 Å². The first kappa shape index (κ1) is 19.2. The van der Waals surface area contributed by atoms with Gasteiger partial charge in [0.2, 0.25) is 0 Å². The number of ether oxygens (including phenoxy) is 1. The molecule has 37 heavy (non-hydrogen) atoms. The van der Waals surface area contributed by atoms with Crippen molar-refractivity contribution in [3.63, 3.8) is 0 Å². The van der Waals surface area contributed by atoms with Gasteiger partial charge in [-0.1, -0.05) is 6.07 Å². The summed E-state index contributed by atoms with van der Waals surface area (Å²) in [4.78, 5) is 27.8. The number of halogens is 2. The predicted molar refractivity (Wildman–Crippen MR) is 128 cm³/mol. The van der Waals surface area contributed by atoms with Crippen LogP contribution < -0.4 is 10.5 Å². The highest BCUT2D eigenvalue weighted by Crippen LogP contribution is 2.53. The zero-order valence-electron chi connectivity index (χ0n) is 22.4. The number of nitrogens with two attached hydrogens (primary N) is 1. The first-order valence-electron chi connectivity index (χ1n) is 13.5. The lowest BCUT2D eigenvalue weighted by molar-refractivity contribution is -0.0505. The van der Waals surface area contributed by atoms with Gasteiger partial charge in [-0.05, 0) is 43.9 Å². The van der Waals surface area contributed by atoms with Gasteiger partial charge in [-0.3, -0.25) is 4.79 Å². The number of carbonyl (C=O) groups is 1. The van der Waals surface area contributed by atoms with Gasteiger partial charge in [-0.25, -0.2) is 19.5 Å². The molecule has 1 fully saturated rings. The average Bonchev–Trinajstić information content (AvgIpc) is 3.39. The fourth-order valence-electron chi connectivity index (χ4n) is 5.76. The molecule has 1 aliphatic heterocycles. The molecule has 1 saturated carbocycles. The Hall–Kier alpha value is -3.99. The predicted octanol–water partition coefficient (Wildman–Crippen LogP) is 3.79. The molecular weight excluding hydrogens is 480 g/mol. The molecule has 0 unspecified atom stereocenters. The van der Waals surface area contributed by atoms with E-state index in [1.165, 1.54) is 29.0 Å². The Labute approximate surface area is 214 Å². The van der Waals surface area contributed by atoms with Crippen molar-refractivity contribution in [1.29, 1.82) is 0 Å². The van der Waals surface area contributed by atoms with E-state index < -0.39 is 37.0 Å². The first-order chi connectivity index (χ1) is 19.0. The van der Waals surface area contributed by atoms with Gasteiger partial charge in [0.05, 0.1) is 28.5 Å². The minimum atomic E-state index is -3.13. The number of amides is 1. The van der Waals surface area contributed by atoms with Gasteiger partial charge >= 0.3 is 6.61 Å². The zero-order valence-corrected chi connectivity index (χ0v) is 19.4. The second kappa shape index (κ2) is 7.75. The second-order valence-corrected chi connectivity index (χ2v) is 9.78. The van der Waals surface area contributed by atoms with Crippen LogP contribution in [-0.4, -0.2) is 49.0 Å². The summed E-state index contributed by atoms with van der Waals surface area (Å²) in [5.41, 5.74) is 8.88. The van der Waals surface area contributed by atoms with Crippen molar-refractivity contribution in [2.45, 2.75) is 49.8 Å². The third-order valence-electron chi connectivity index (χ3n) is 7.75. The van der Waals surface area contributed by atoms with Crippen LogP contribution in [0.1, 0.15) is 74.8 Å². The summed E-state index contributed by atoms with van der Waals surface area (Å²) in [6, 6.07) is 5.09. The molecule has 4 heterocycles. The van der Waals surface area contributed by atoms with Crippen LogP contribution in [0, 0.1) is 0 Å². The Morgan fingerprint density at radius 3 is 2.73 bits per heavy atom. The lowest BCUT2D eigenvalue weighted by Crippen LogP contribution is -2.44. The van der Waals surface area contributed by atoms with Crippen LogP contribution in [0.4, 0.5) is 8.78 Å². The number of aromatic nitrogens is 5. The maximum atomic E-state index is 13.6. The van der Waals surface area contributed by atoms with E-state index in [9.17, 15) is 13.6 Å². The summed E-state index contributed by atoms with van der Waals surface area (Å²) < 4.78 is 57.5. The van der Waals surface area contributed by atoms with Crippen LogP contribution in [0.2, 0.25) is 0 Å². The minimum absolute atomic E-state index is 0.0109. The van der Waals surface area contributed by atoms with Crippen molar-refractivity contribution in [2.75, 3.05) is 6.98 Å². The van der Waals surface area contributed by atoms with Gasteiger partial charge in [-0.15, -0.1) is 0 Å². The van der Waals surface area contributed by atoms with Crippen LogP contribution >= 0.6 is 0 Å². The monoisotopic (exact) mass is 506 g/mol. The SMILES string of the molecule is [2H]C([2H])([2H])N1C(=O)c2cccc(OC(F)F)c2[C@H]2C[C@@H]1c1nn3cnc(-c4cnc(C5(N)CCC5)nc4)cc3c12. The van der Waals surface area contributed by atoms with Crippen LogP contribution in [-0.2, 0) is 5.54 Å². The molecule has 1 aromatic carbocycles. The van der Waals surface area contributed by atoms with Gasteiger partial charge in [0, 0.05) is 51.7 Å². The highest BCUT2D eigenvalue weighted by molar-refractivity contribution is 5.98. The van der Waals surface area contributed by atoms with Gasteiger partial charge in [0.25, 0.3) is 5.91 Å². The molecular formula is C26H23F2N7O2. The summed E-state index contributed by atoms with van der Waals surface area (Å²) >= 11 is 0. The van der Waals surface area contributed by atoms with E-state index in [0.717, 1.165) is 24.2 Å².